The smallest absolute Gasteiger partial charge is 0.320 e. The summed E-state index contributed by atoms with van der Waals surface area (Å²) in [5, 5.41) is 9.46. The van der Waals surface area contributed by atoms with Gasteiger partial charge in [0.1, 0.15) is 16.8 Å². The van der Waals surface area contributed by atoms with Gasteiger partial charge in [0.2, 0.25) is 0 Å². The van der Waals surface area contributed by atoms with E-state index in [0.717, 1.165) is 0 Å². The predicted molar refractivity (Wildman–Crippen MR) is 173 cm³/mol. The molecule has 1 heterocycles. The minimum atomic E-state index is -0.955. The topological polar surface area (TPSA) is 148 Å². The summed E-state index contributed by atoms with van der Waals surface area (Å²) in [5.74, 6) is -2.04. The molecule has 0 bridgehead atoms. The Hall–Kier alpha value is -2.36. The molecule has 0 saturated carbocycles. The van der Waals surface area contributed by atoms with Crippen LogP contribution >= 0.6 is 0 Å². The van der Waals surface area contributed by atoms with E-state index >= 15 is 0 Å². The number of carbonyl (C=O) groups is 4. The van der Waals surface area contributed by atoms with E-state index in [0.29, 0.717) is 72.2 Å². The summed E-state index contributed by atoms with van der Waals surface area (Å²) in [4.78, 5) is 57.0. The highest BCUT2D eigenvalue weighted by atomic mass is 16.6. The Morgan fingerprint density at radius 1 is 0.478 bits per heavy atom. The molecular weight excluding hydrogens is 600 g/mol. The number of aliphatic carboxylic acids is 1. The van der Waals surface area contributed by atoms with Gasteiger partial charge in [0.25, 0.3) is 0 Å². The van der Waals surface area contributed by atoms with E-state index in [-0.39, 0.29) is 50.7 Å². The van der Waals surface area contributed by atoms with Crippen LogP contribution in [0.4, 0.5) is 0 Å². The molecule has 0 aliphatic carbocycles. The summed E-state index contributed by atoms with van der Waals surface area (Å²) in [7, 11) is 0. The lowest BCUT2D eigenvalue weighted by Crippen LogP contribution is -2.45. The number of esters is 3. The zero-order valence-corrected chi connectivity index (χ0v) is 29.7. The van der Waals surface area contributed by atoms with Crippen molar-refractivity contribution >= 4 is 23.9 Å². The maximum absolute atomic E-state index is 12.7. The molecule has 1 aliphatic heterocycles. The van der Waals surface area contributed by atoms with Gasteiger partial charge >= 0.3 is 23.9 Å². The Kier molecular flexibility index (Phi) is 18.2. The van der Waals surface area contributed by atoms with Crippen LogP contribution in [0.5, 0.6) is 0 Å². The Morgan fingerprint density at radius 2 is 0.717 bits per heavy atom. The van der Waals surface area contributed by atoms with Crippen molar-refractivity contribution in [2.45, 2.75) is 79.1 Å². The molecule has 1 aliphatic rings. The van der Waals surface area contributed by atoms with E-state index in [4.69, 9.17) is 23.7 Å². The lowest BCUT2D eigenvalue weighted by Gasteiger charge is -2.30. The van der Waals surface area contributed by atoms with Gasteiger partial charge in [-0.15, -0.1) is 0 Å². The first-order valence-corrected chi connectivity index (χ1v) is 16.1. The lowest BCUT2D eigenvalue weighted by atomic mass is 10.2. The van der Waals surface area contributed by atoms with Gasteiger partial charge < -0.3 is 28.8 Å². The van der Waals surface area contributed by atoms with Crippen LogP contribution in [-0.2, 0) is 42.9 Å². The molecule has 46 heavy (non-hydrogen) atoms. The summed E-state index contributed by atoms with van der Waals surface area (Å²) >= 11 is 0. The number of nitrogens with zero attached hydrogens (tertiary/aromatic N) is 4. The summed E-state index contributed by atoms with van der Waals surface area (Å²) in [5.41, 5.74) is -1.88. The number of hydrogen-bond donors (Lipinski definition) is 1. The molecule has 1 saturated heterocycles. The van der Waals surface area contributed by atoms with E-state index < -0.39 is 22.8 Å². The van der Waals surface area contributed by atoms with E-state index in [1.54, 1.807) is 4.90 Å². The second-order valence-electron chi connectivity index (χ2n) is 14.5. The van der Waals surface area contributed by atoms with Crippen LogP contribution in [0.15, 0.2) is 0 Å². The van der Waals surface area contributed by atoms with Crippen molar-refractivity contribution in [1.29, 1.82) is 0 Å². The number of carboxylic acid groups (broad SMARTS) is 1. The fourth-order valence-corrected chi connectivity index (χ4v) is 4.48. The van der Waals surface area contributed by atoms with Crippen LogP contribution in [-0.4, -0.2) is 170 Å². The van der Waals surface area contributed by atoms with Crippen LogP contribution in [0.1, 0.15) is 62.3 Å². The van der Waals surface area contributed by atoms with Crippen molar-refractivity contribution in [2.24, 2.45) is 0 Å². The van der Waals surface area contributed by atoms with Gasteiger partial charge in [0.15, 0.2) is 0 Å². The number of ether oxygens (including phenoxy) is 5. The number of carbonyl (C=O) groups excluding carboxylic acids is 3. The van der Waals surface area contributed by atoms with Crippen LogP contribution in [0.25, 0.3) is 0 Å². The van der Waals surface area contributed by atoms with Gasteiger partial charge in [0, 0.05) is 52.4 Å². The summed E-state index contributed by atoms with van der Waals surface area (Å²) < 4.78 is 28.4. The highest BCUT2D eigenvalue weighted by molar-refractivity contribution is 5.73. The van der Waals surface area contributed by atoms with Crippen molar-refractivity contribution in [3.63, 3.8) is 0 Å². The Labute approximate surface area is 275 Å². The van der Waals surface area contributed by atoms with Gasteiger partial charge in [-0.1, -0.05) is 0 Å². The summed E-state index contributed by atoms with van der Waals surface area (Å²) in [6.07, 6.45) is 0. The molecule has 0 spiro atoms. The molecule has 268 valence electrons. The van der Waals surface area contributed by atoms with Crippen molar-refractivity contribution in [3.8, 4) is 0 Å². The van der Waals surface area contributed by atoms with Crippen molar-refractivity contribution in [2.75, 3.05) is 105 Å². The number of rotatable bonds is 8. The third kappa shape index (κ3) is 23.0. The third-order valence-electron chi connectivity index (χ3n) is 6.35. The molecule has 0 aromatic heterocycles. The Bertz CT molecular complexity index is 943. The second-order valence-corrected chi connectivity index (χ2v) is 14.5. The largest absolute Gasteiger partial charge is 0.480 e. The molecule has 14 nitrogen and oxygen atoms in total. The van der Waals surface area contributed by atoms with Gasteiger partial charge in [-0.05, 0) is 62.3 Å². The minimum Gasteiger partial charge on any atom is -0.480 e. The molecule has 0 amide bonds. The molecule has 0 radical (unpaired) electrons. The fourth-order valence-electron chi connectivity index (χ4n) is 4.48. The Morgan fingerprint density at radius 3 is 0.935 bits per heavy atom. The standard InChI is InChI=1S/C32H60N4O10/c1-30(2,3)44-27(39)23-34-11-10-33(22-26(37)38)14-18-42-19-16-35(24-28(40)45-31(4,5)6)12-13-36(17-21-43-20-15-34)25-29(41)46-32(7,8)9/h10-25H2,1-9H3,(H,37,38). The molecule has 0 aromatic carbocycles. The Balaban J connectivity index is 3.07. The normalized spacial score (nSPS) is 19.1. The lowest BCUT2D eigenvalue weighted by molar-refractivity contribution is -0.158. The van der Waals surface area contributed by atoms with Gasteiger partial charge in [-0.3, -0.25) is 38.8 Å². The molecule has 14 heteroatoms. The quantitative estimate of drug-likeness (QED) is 0.295. The summed E-state index contributed by atoms with van der Waals surface area (Å²) in [6.45, 7) is 20.9. The molecular formula is C32H60N4O10. The average molecular weight is 661 g/mol. The van der Waals surface area contributed by atoms with Crippen LogP contribution in [0.3, 0.4) is 0 Å². The monoisotopic (exact) mass is 660 g/mol. The highest BCUT2D eigenvalue weighted by Crippen LogP contribution is 2.10. The van der Waals surface area contributed by atoms with E-state index in [1.165, 1.54) is 0 Å². The SMILES string of the molecule is CC(C)(C)OC(=O)CN1CCOCCN(CC(=O)OC(C)(C)C)CCN(CC(=O)OC(C)(C)C)CCOCCN(CC(=O)O)CC1. The molecule has 0 atom stereocenters. The third-order valence-corrected chi connectivity index (χ3v) is 6.35. The van der Waals surface area contributed by atoms with Crippen molar-refractivity contribution in [1.82, 2.24) is 19.6 Å². The van der Waals surface area contributed by atoms with E-state index in [2.05, 4.69) is 0 Å². The second kappa shape index (κ2) is 20.1. The molecule has 1 N–H and O–H groups in total. The van der Waals surface area contributed by atoms with E-state index in [9.17, 15) is 24.3 Å². The number of carboxylic acids is 1. The fraction of sp³-hybridized carbons (Fsp3) is 0.875. The molecule has 0 aromatic rings. The van der Waals surface area contributed by atoms with Crippen LogP contribution in [0.2, 0.25) is 0 Å². The first kappa shape index (κ1) is 41.7. The van der Waals surface area contributed by atoms with Gasteiger partial charge in [0.05, 0.1) is 52.6 Å². The zero-order valence-electron chi connectivity index (χ0n) is 29.7. The maximum Gasteiger partial charge on any atom is 0.320 e. The van der Waals surface area contributed by atoms with Gasteiger partial charge in [-0.25, -0.2) is 0 Å². The van der Waals surface area contributed by atoms with Crippen LogP contribution in [0, 0.1) is 0 Å². The van der Waals surface area contributed by atoms with E-state index in [1.807, 2.05) is 77.0 Å². The maximum atomic E-state index is 12.7. The zero-order chi connectivity index (χ0) is 35.0. The first-order valence-electron chi connectivity index (χ1n) is 16.1. The molecule has 0 unspecified atom stereocenters. The minimum absolute atomic E-state index is 0.0380. The van der Waals surface area contributed by atoms with Crippen molar-refractivity contribution in [3.05, 3.63) is 0 Å². The van der Waals surface area contributed by atoms with Crippen LogP contribution < -0.4 is 0 Å². The highest BCUT2D eigenvalue weighted by Gasteiger charge is 2.23. The average Bonchev–Trinajstić information content (AvgIpc) is 2.84. The van der Waals surface area contributed by atoms with Gasteiger partial charge in [-0.2, -0.15) is 0 Å². The number of hydrogen-bond acceptors (Lipinski definition) is 13. The molecule has 1 fully saturated rings. The predicted octanol–water partition coefficient (Wildman–Crippen LogP) is 1.35. The summed E-state index contributed by atoms with van der Waals surface area (Å²) in [6, 6.07) is 0. The first-order chi connectivity index (χ1) is 21.2. The molecule has 1 rings (SSSR count). The van der Waals surface area contributed by atoms with Crippen molar-refractivity contribution < 1.29 is 48.0 Å².